The van der Waals surface area contributed by atoms with Crippen LogP contribution in [0.5, 0.6) is 0 Å². The lowest BCUT2D eigenvalue weighted by molar-refractivity contribution is -0.149. The van der Waals surface area contributed by atoms with E-state index in [0.29, 0.717) is 0 Å². The van der Waals surface area contributed by atoms with E-state index in [1.54, 1.807) is 25.3 Å². The van der Waals surface area contributed by atoms with Crippen LogP contribution in [0.1, 0.15) is 34.6 Å². The summed E-state index contributed by atoms with van der Waals surface area (Å²) in [4.78, 5) is 46.6. The van der Waals surface area contributed by atoms with Crippen molar-refractivity contribution < 1.29 is 28.4 Å². The molecule has 2 aromatic rings. The lowest BCUT2D eigenvalue weighted by atomic mass is 10.4. The van der Waals surface area contributed by atoms with Crippen molar-refractivity contribution >= 4 is 36.5 Å². The number of esters is 2. The van der Waals surface area contributed by atoms with Gasteiger partial charge in [0.1, 0.15) is 18.4 Å². The van der Waals surface area contributed by atoms with Gasteiger partial charge in [0.25, 0.3) is 5.56 Å². The minimum absolute atomic E-state index is 0.0479. The Balaban J connectivity index is 2.07. The maximum atomic E-state index is 13.5. The normalized spacial score (nSPS) is 15.1. The van der Waals surface area contributed by atoms with E-state index in [1.807, 2.05) is 0 Å². The quantitative estimate of drug-likeness (QED) is 0.167. The van der Waals surface area contributed by atoms with Gasteiger partial charge < -0.3 is 24.5 Å². The van der Waals surface area contributed by atoms with Crippen molar-refractivity contribution in [1.82, 2.24) is 29.7 Å². The number of nitrogen functional groups attached to an aromatic ring is 1. The van der Waals surface area contributed by atoms with Crippen LogP contribution >= 0.6 is 7.44 Å². The molecular formula is C19H32N7O7P. The molecule has 0 bridgehead atoms. The van der Waals surface area contributed by atoms with Gasteiger partial charge in [0.15, 0.2) is 11.2 Å². The highest BCUT2D eigenvalue weighted by Gasteiger charge is 2.32. The second kappa shape index (κ2) is 12.1. The molecule has 0 radical (unpaired) electrons. The van der Waals surface area contributed by atoms with Crippen LogP contribution in [-0.2, 0) is 34.9 Å². The maximum Gasteiger partial charge on any atom is 0.323 e. The lowest BCUT2D eigenvalue weighted by Crippen LogP contribution is -2.43. The number of hydrogen-bond donors (Lipinski definition) is 4. The highest BCUT2D eigenvalue weighted by molar-refractivity contribution is 7.59. The highest BCUT2D eigenvalue weighted by Crippen LogP contribution is 2.37. The summed E-state index contributed by atoms with van der Waals surface area (Å²) in [5, 5.41) is 5.41. The Labute approximate surface area is 196 Å². The van der Waals surface area contributed by atoms with Crippen molar-refractivity contribution in [2.75, 3.05) is 25.3 Å². The Bertz CT molecular complexity index is 1100. The van der Waals surface area contributed by atoms with Crippen LogP contribution in [0.15, 0.2) is 11.1 Å². The molecule has 2 rings (SSSR count). The Hall–Kier alpha value is -2.80. The molecule has 14 nitrogen and oxygen atoms in total. The van der Waals surface area contributed by atoms with E-state index in [-0.39, 0.29) is 49.3 Å². The molecule has 15 heteroatoms. The third-order valence-electron chi connectivity index (χ3n) is 4.39. The van der Waals surface area contributed by atoms with Gasteiger partial charge in [-0.25, -0.2) is 15.2 Å². The van der Waals surface area contributed by atoms with E-state index in [4.69, 9.17) is 19.9 Å². The average Bonchev–Trinajstić information content (AvgIpc) is 3.13. The SMILES string of the molecule is CCOC(=O)[C@H](C)NP(=O)(COCCn1cnc2c(=O)[nH]c(N)nc21)N[C@H](C)C(=O)OC(C)C. The maximum absolute atomic E-state index is 13.5. The van der Waals surface area contributed by atoms with Gasteiger partial charge in [0, 0.05) is 6.54 Å². The first-order chi connectivity index (χ1) is 16.0. The summed E-state index contributed by atoms with van der Waals surface area (Å²) in [6.07, 6.45) is 0.718. The van der Waals surface area contributed by atoms with Gasteiger partial charge >= 0.3 is 11.9 Å². The zero-order valence-electron chi connectivity index (χ0n) is 19.9. The van der Waals surface area contributed by atoms with Gasteiger partial charge in [0.2, 0.25) is 13.4 Å². The molecule has 0 aliphatic rings. The number of fused-ring (bicyclic) bond motifs is 1. The molecule has 2 aromatic heterocycles. The summed E-state index contributed by atoms with van der Waals surface area (Å²) in [5.74, 6) is -1.24. The monoisotopic (exact) mass is 501 g/mol. The number of aromatic amines is 1. The van der Waals surface area contributed by atoms with Gasteiger partial charge in [-0.15, -0.1) is 0 Å². The van der Waals surface area contributed by atoms with Crippen molar-refractivity contribution in [2.24, 2.45) is 0 Å². The molecule has 0 amide bonds. The van der Waals surface area contributed by atoms with Crippen LogP contribution in [0.4, 0.5) is 5.95 Å². The number of hydrogen-bond acceptors (Lipinski definition) is 10. The zero-order chi connectivity index (χ0) is 25.5. The molecule has 2 heterocycles. The minimum atomic E-state index is -3.62. The van der Waals surface area contributed by atoms with E-state index in [9.17, 15) is 18.9 Å². The molecular weight excluding hydrogens is 469 g/mol. The molecule has 3 atom stereocenters. The molecule has 0 aromatic carbocycles. The van der Waals surface area contributed by atoms with Gasteiger partial charge in [0.05, 0.1) is 25.6 Å². The van der Waals surface area contributed by atoms with Crippen LogP contribution in [0.3, 0.4) is 0 Å². The number of H-pyrrole nitrogens is 1. The molecule has 0 aliphatic heterocycles. The third-order valence-corrected chi connectivity index (χ3v) is 6.55. The minimum Gasteiger partial charge on any atom is -0.465 e. The summed E-state index contributed by atoms with van der Waals surface area (Å²) >= 11 is 0. The summed E-state index contributed by atoms with van der Waals surface area (Å²) in [6, 6.07) is -1.86. The fourth-order valence-corrected chi connectivity index (χ4v) is 5.01. The largest absolute Gasteiger partial charge is 0.465 e. The first kappa shape index (κ1) is 27.4. The number of nitrogens with zero attached hydrogens (tertiary/aromatic N) is 3. The molecule has 1 unspecified atom stereocenters. The van der Waals surface area contributed by atoms with Crippen molar-refractivity contribution in [1.29, 1.82) is 0 Å². The van der Waals surface area contributed by atoms with E-state index in [0.717, 1.165) is 0 Å². The van der Waals surface area contributed by atoms with Crippen LogP contribution in [-0.4, -0.2) is 69.2 Å². The van der Waals surface area contributed by atoms with Gasteiger partial charge in [-0.2, -0.15) is 4.98 Å². The Morgan fingerprint density at radius 1 is 1.21 bits per heavy atom. The third kappa shape index (κ3) is 7.62. The van der Waals surface area contributed by atoms with Crippen LogP contribution in [0.2, 0.25) is 0 Å². The lowest BCUT2D eigenvalue weighted by Gasteiger charge is -2.26. The van der Waals surface area contributed by atoms with Crippen LogP contribution in [0.25, 0.3) is 11.2 Å². The van der Waals surface area contributed by atoms with Crippen molar-refractivity contribution in [3.05, 3.63) is 16.7 Å². The number of aromatic nitrogens is 4. The Morgan fingerprint density at radius 3 is 2.47 bits per heavy atom. The topological polar surface area (TPSA) is 193 Å². The zero-order valence-corrected chi connectivity index (χ0v) is 20.8. The number of imidazole rings is 1. The molecule has 0 fully saturated rings. The van der Waals surface area contributed by atoms with Crippen LogP contribution < -0.4 is 21.5 Å². The summed E-state index contributed by atoms with van der Waals surface area (Å²) in [5.41, 5.74) is 5.54. The Morgan fingerprint density at radius 2 is 1.85 bits per heavy atom. The van der Waals surface area contributed by atoms with E-state index < -0.39 is 37.0 Å². The van der Waals surface area contributed by atoms with Gasteiger partial charge in [-0.3, -0.25) is 23.9 Å². The molecule has 0 saturated carbocycles. The molecule has 190 valence electrons. The van der Waals surface area contributed by atoms with E-state index in [1.165, 1.54) is 20.2 Å². The number of carbonyl (C=O) groups is 2. The number of nitrogens with two attached hydrogens (primary N) is 1. The first-order valence-electron chi connectivity index (χ1n) is 10.8. The number of ether oxygens (including phenoxy) is 3. The predicted octanol–water partition coefficient (Wildman–Crippen LogP) is 0.340. The number of nitrogens with one attached hydrogen (secondary N) is 3. The number of rotatable bonds is 13. The standard InChI is InChI=1S/C19H32N7O7P/c1-6-32-17(28)12(4)24-34(30,25-13(5)18(29)33-11(2)3)10-31-8-7-26-9-21-14-15(26)22-19(20)23-16(14)27/h9,11-13H,6-8,10H2,1-5H3,(H2,24,25,30)(H3,20,22,23,27)/t12-,13+,34?/m0/s1. The molecule has 0 saturated heterocycles. The molecule has 0 spiro atoms. The van der Waals surface area contributed by atoms with Gasteiger partial charge in [-0.1, -0.05) is 0 Å². The summed E-state index contributed by atoms with van der Waals surface area (Å²) in [7, 11) is -3.62. The second-order valence-corrected chi connectivity index (χ2v) is 10.0. The summed E-state index contributed by atoms with van der Waals surface area (Å²) < 4.78 is 30.8. The second-order valence-electron chi connectivity index (χ2n) is 7.78. The Kier molecular flexibility index (Phi) is 9.74. The van der Waals surface area contributed by atoms with Crippen molar-refractivity contribution in [3.8, 4) is 0 Å². The van der Waals surface area contributed by atoms with Gasteiger partial charge in [-0.05, 0) is 34.6 Å². The fraction of sp³-hybridized carbons (Fsp3) is 0.632. The van der Waals surface area contributed by atoms with E-state index in [2.05, 4.69) is 25.1 Å². The summed E-state index contributed by atoms with van der Waals surface area (Å²) in [6.45, 7) is 8.50. The first-order valence-corrected chi connectivity index (χ1v) is 12.6. The molecule has 0 aliphatic carbocycles. The fourth-order valence-electron chi connectivity index (χ4n) is 2.93. The van der Waals surface area contributed by atoms with Crippen molar-refractivity contribution in [3.63, 3.8) is 0 Å². The van der Waals surface area contributed by atoms with E-state index >= 15 is 0 Å². The molecule has 5 N–H and O–H groups in total. The predicted molar refractivity (Wildman–Crippen MR) is 124 cm³/mol. The highest BCUT2D eigenvalue weighted by atomic mass is 31.2. The van der Waals surface area contributed by atoms with Crippen LogP contribution in [0, 0.1) is 0 Å². The average molecular weight is 501 g/mol. The number of anilines is 1. The molecule has 34 heavy (non-hydrogen) atoms. The smallest absolute Gasteiger partial charge is 0.323 e. The van der Waals surface area contributed by atoms with Crippen molar-refractivity contribution in [2.45, 2.75) is 59.4 Å². The number of carbonyl (C=O) groups excluding carboxylic acids is 2.